The van der Waals surface area contributed by atoms with Crippen LogP contribution >= 0.6 is 0 Å². The van der Waals surface area contributed by atoms with Gasteiger partial charge in [0.1, 0.15) is 0 Å². The van der Waals surface area contributed by atoms with Crippen LogP contribution in [-0.2, 0) is 4.79 Å². The lowest BCUT2D eigenvalue weighted by Crippen LogP contribution is -2.45. The summed E-state index contributed by atoms with van der Waals surface area (Å²) in [6.45, 7) is 2.36. The van der Waals surface area contributed by atoms with Crippen molar-refractivity contribution in [2.75, 3.05) is 0 Å². The van der Waals surface area contributed by atoms with Crippen LogP contribution in [0.15, 0.2) is 0 Å². The highest BCUT2D eigenvalue weighted by Crippen LogP contribution is 2.46. The quantitative estimate of drug-likeness (QED) is 0.802. The van der Waals surface area contributed by atoms with Crippen LogP contribution in [0.2, 0.25) is 0 Å². The Balaban J connectivity index is 1.77. The maximum Gasteiger partial charge on any atom is 0.308 e. The molecule has 1 N–H and O–H groups in total. The molecule has 2 bridgehead atoms. The monoisotopic (exact) mass is 237 g/mol. The van der Waals surface area contributed by atoms with Crippen molar-refractivity contribution in [1.82, 2.24) is 4.90 Å². The molecule has 0 aromatic rings. The smallest absolute Gasteiger partial charge is 0.308 e. The largest absolute Gasteiger partial charge is 0.481 e. The molecular formula is C14H23NO2. The van der Waals surface area contributed by atoms with Crippen molar-refractivity contribution in [2.24, 2.45) is 11.8 Å². The van der Waals surface area contributed by atoms with Gasteiger partial charge in [0.25, 0.3) is 0 Å². The van der Waals surface area contributed by atoms with Gasteiger partial charge < -0.3 is 5.11 Å². The third-order valence-corrected chi connectivity index (χ3v) is 5.36. The third kappa shape index (κ3) is 1.79. The Morgan fingerprint density at radius 3 is 2.53 bits per heavy atom. The standard InChI is InChI=1S/C14H23NO2/c1-9-4-2-3-5-12(9)15-10-6-7-13(15)11(8-10)14(16)17/h9-13H,2-8H2,1H3,(H,16,17). The molecule has 0 amide bonds. The first-order valence-electron chi connectivity index (χ1n) is 7.18. The fraction of sp³-hybridized carbons (Fsp3) is 0.929. The molecule has 0 radical (unpaired) electrons. The predicted octanol–water partition coefficient (Wildman–Crippen LogP) is 2.50. The number of aliphatic carboxylic acids is 1. The van der Waals surface area contributed by atoms with Crippen molar-refractivity contribution in [3.8, 4) is 0 Å². The lowest BCUT2D eigenvalue weighted by molar-refractivity contribution is -0.142. The Morgan fingerprint density at radius 2 is 1.88 bits per heavy atom. The first-order valence-corrected chi connectivity index (χ1v) is 7.18. The molecule has 5 atom stereocenters. The van der Waals surface area contributed by atoms with Crippen molar-refractivity contribution >= 4 is 5.97 Å². The number of carbonyl (C=O) groups is 1. The molecule has 96 valence electrons. The van der Waals surface area contributed by atoms with Crippen LogP contribution in [0.1, 0.15) is 51.9 Å². The van der Waals surface area contributed by atoms with E-state index in [0.717, 1.165) is 18.8 Å². The molecule has 0 spiro atoms. The van der Waals surface area contributed by atoms with Gasteiger partial charge in [-0.1, -0.05) is 19.8 Å². The number of hydrogen-bond donors (Lipinski definition) is 1. The zero-order valence-electron chi connectivity index (χ0n) is 10.6. The van der Waals surface area contributed by atoms with E-state index >= 15 is 0 Å². The molecule has 1 aliphatic carbocycles. The van der Waals surface area contributed by atoms with E-state index in [9.17, 15) is 9.90 Å². The number of carboxylic acids is 1. The average molecular weight is 237 g/mol. The van der Waals surface area contributed by atoms with E-state index in [4.69, 9.17) is 0 Å². The number of hydrogen-bond acceptors (Lipinski definition) is 2. The van der Waals surface area contributed by atoms with Crippen molar-refractivity contribution in [3.05, 3.63) is 0 Å². The topological polar surface area (TPSA) is 40.5 Å². The Kier molecular flexibility index (Phi) is 2.89. The van der Waals surface area contributed by atoms with E-state index in [1.807, 2.05) is 0 Å². The molecule has 3 heteroatoms. The number of carboxylic acid groups (broad SMARTS) is 1. The van der Waals surface area contributed by atoms with E-state index in [0.29, 0.717) is 18.1 Å². The summed E-state index contributed by atoms with van der Waals surface area (Å²) in [5.41, 5.74) is 0. The molecule has 3 fully saturated rings. The molecule has 0 aromatic carbocycles. The predicted molar refractivity (Wildman–Crippen MR) is 65.8 cm³/mol. The molecule has 2 saturated heterocycles. The van der Waals surface area contributed by atoms with Gasteiger partial charge in [-0.15, -0.1) is 0 Å². The van der Waals surface area contributed by atoms with Gasteiger partial charge in [0, 0.05) is 18.1 Å². The van der Waals surface area contributed by atoms with Crippen LogP contribution in [0.3, 0.4) is 0 Å². The summed E-state index contributed by atoms with van der Waals surface area (Å²) < 4.78 is 0. The molecule has 3 aliphatic rings. The molecule has 0 aromatic heterocycles. The Hall–Kier alpha value is -0.570. The fourth-order valence-electron chi connectivity index (χ4n) is 4.55. The van der Waals surface area contributed by atoms with E-state index in [2.05, 4.69) is 11.8 Å². The summed E-state index contributed by atoms with van der Waals surface area (Å²) in [6, 6.07) is 1.60. The summed E-state index contributed by atoms with van der Waals surface area (Å²) in [7, 11) is 0. The highest BCUT2D eigenvalue weighted by atomic mass is 16.4. The van der Waals surface area contributed by atoms with Gasteiger partial charge >= 0.3 is 5.97 Å². The van der Waals surface area contributed by atoms with Crippen molar-refractivity contribution in [2.45, 2.75) is 70.0 Å². The highest BCUT2D eigenvalue weighted by Gasteiger charge is 2.52. The van der Waals surface area contributed by atoms with Crippen molar-refractivity contribution in [3.63, 3.8) is 0 Å². The van der Waals surface area contributed by atoms with Crippen LogP contribution in [0.4, 0.5) is 0 Å². The van der Waals surface area contributed by atoms with Crippen LogP contribution < -0.4 is 0 Å². The first-order chi connectivity index (χ1) is 8.18. The van der Waals surface area contributed by atoms with E-state index in [-0.39, 0.29) is 5.92 Å². The zero-order chi connectivity index (χ0) is 12.0. The van der Waals surface area contributed by atoms with Crippen LogP contribution in [-0.4, -0.2) is 34.1 Å². The third-order valence-electron chi connectivity index (χ3n) is 5.36. The minimum atomic E-state index is -0.564. The summed E-state index contributed by atoms with van der Waals surface area (Å²) in [6.07, 6.45) is 8.58. The lowest BCUT2D eigenvalue weighted by atomic mass is 9.84. The van der Waals surface area contributed by atoms with Gasteiger partial charge in [-0.2, -0.15) is 0 Å². The number of fused-ring (bicyclic) bond motifs is 2. The van der Waals surface area contributed by atoms with E-state index in [1.165, 1.54) is 32.1 Å². The molecule has 5 unspecified atom stereocenters. The van der Waals surface area contributed by atoms with Crippen molar-refractivity contribution in [1.29, 1.82) is 0 Å². The SMILES string of the molecule is CC1CCCCC1N1C2CCC1C(C(=O)O)C2. The van der Waals surface area contributed by atoms with Gasteiger partial charge in [-0.25, -0.2) is 0 Å². The average Bonchev–Trinajstić information content (AvgIpc) is 2.87. The summed E-state index contributed by atoms with van der Waals surface area (Å²) in [4.78, 5) is 13.9. The van der Waals surface area contributed by atoms with Gasteiger partial charge in [0.2, 0.25) is 0 Å². The Bertz CT molecular complexity index is 317. The second kappa shape index (κ2) is 4.27. The van der Waals surface area contributed by atoms with Gasteiger partial charge in [0.05, 0.1) is 5.92 Å². The normalized spacial score (nSPS) is 46.3. The van der Waals surface area contributed by atoms with Crippen LogP contribution in [0.5, 0.6) is 0 Å². The molecule has 2 aliphatic heterocycles. The minimum absolute atomic E-state index is 0.0807. The van der Waals surface area contributed by atoms with E-state index in [1.54, 1.807) is 0 Å². The van der Waals surface area contributed by atoms with Gasteiger partial charge in [-0.05, 0) is 38.0 Å². The van der Waals surface area contributed by atoms with Crippen LogP contribution in [0.25, 0.3) is 0 Å². The second-order valence-corrected chi connectivity index (χ2v) is 6.26. The fourth-order valence-corrected chi connectivity index (χ4v) is 4.55. The first kappa shape index (κ1) is 11.5. The maximum absolute atomic E-state index is 11.3. The Morgan fingerprint density at radius 1 is 1.12 bits per heavy atom. The number of nitrogens with zero attached hydrogens (tertiary/aromatic N) is 1. The summed E-state index contributed by atoms with van der Waals surface area (Å²) in [5, 5.41) is 9.29. The van der Waals surface area contributed by atoms with Gasteiger partial charge in [-0.3, -0.25) is 9.69 Å². The van der Waals surface area contributed by atoms with E-state index < -0.39 is 5.97 Å². The highest BCUT2D eigenvalue weighted by molar-refractivity contribution is 5.71. The molecule has 17 heavy (non-hydrogen) atoms. The van der Waals surface area contributed by atoms with Crippen LogP contribution in [0, 0.1) is 11.8 Å². The molecular weight excluding hydrogens is 214 g/mol. The summed E-state index contributed by atoms with van der Waals surface area (Å²) in [5.74, 6) is 0.118. The molecule has 2 heterocycles. The molecule has 3 nitrogen and oxygen atoms in total. The van der Waals surface area contributed by atoms with Crippen molar-refractivity contribution < 1.29 is 9.90 Å². The minimum Gasteiger partial charge on any atom is -0.481 e. The molecule has 3 rings (SSSR count). The maximum atomic E-state index is 11.3. The zero-order valence-corrected chi connectivity index (χ0v) is 10.6. The number of rotatable bonds is 2. The van der Waals surface area contributed by atoms with Gasteiger partial charge in [0.15, 0.2) is 0 Å². The lowest BCUT2D eigenvalue weighted by Gasteiger charge is -2.39. The second-order valence-electron chi connectivity index (χ2n) is 6.26. The Labute approximate surface area is 103 Å². The summed E-state index contributed by atoms with van der Waals surface area (Å²) >= 11 is 0. The molecule has 1 saturated carbocycles.